The quantitative estimate of drug-likeness (QED) is 0.646. The molecule has 8 nitrogen and oxygen atoms in total. The molecule has 2 aromatic rings. The lowest BCUT2D eigenvalue weighted by Gasteiger charge is -2.32. The Labute approximate surface area is 175 Å². The van der Waals surface area contributed by atoms with Crippen molar-refractivity contribution >= 4 is 12.0 Å². The van der Waals surface area contributed by atoms with E-state index in [0.29, 0.717) is 23.6 Å². The van der Waals surface area contributed by atoms with E-state index in [-0.39, 0.29) is 12.6 Å². The van der Waals surface area contributed by atoms with Crippen LogP contribution in [0.25, 0.3) is 0 Å². The van der Waals surface area contributed by atoms with E-state index >= 15 is 0 Å². The minimum absolute atomic E-state index is 0.0362. The predicted octanol–water partition coefficient (Wildman–Crippen LogP) is 3.15. The van der Waals surface area contributed by atoms with E-state index in [4.69, 9.17) is 13.9 Å². The van der Waals surface area contributed by atoms with E-state index < -0.39 is 18.0 Å². The SMILES string of the molecule is CCOC(=O)C1=C(CN(C)C(C)c2ccccc2OC)NC(=O)NC1c1ccco1. The summed E-state index contributed by atoms with van der Waals surface area (Å²) < 4.78 is 16.2. The Balaban J connectivity index is 1.95. The van der Waals surface area contributed by atoms with Crippen LogP contribution in [0, 0.1) is 0 Å². The fraction of sp³-hybridized carbons (Fsp3) is 0.364. The predicted molar refractivity (Wildman–Crippen MR) is 111 cm³/mol. The largest absolute Gasteiger partial charge is 0.496 e. The number of nitrogens with zero attached hydrogens (tertiary/aromatic N) is 1. The molecule has 1 aromatic carbocycles. The van der Waals surface area contributed by atoms with Crippen LogP contribution in [0.15, 0.2) is 58.3 Å². The highest BCUT2D eigenvalue weighted by molar-refractivity contribution is 5.95. The van der Waals surface area contributed by atoms with Crippen LogP contribution in [0.4, 0.5) is 4.79 Å². The summed E-state index contributed by atoms with van der Waals surface area (Å²) >= 11 is 0. The number of amides is 2. The van der Waals surface area contributed by atoms with Crippen molar-refractivity contribution in [3.63, 3.8) is 0 Å². The molecule has 0 spiro atoms. The maximum absolute atomic E-state index is 12.8. The fourth-order valence-corrected chi connectivity index (χ4v) is 3.50. The minimum atomic E-state index is -0.724. The number of para-hydroxylation sites is 1. The van der Waals surface area contributed by atoms with Crippen LogP contribution in [0.3, 0.4) is 0 Å². The Bertz CT molecular complexity index is 923. The standard InChI is InChI=1S/C22H27N3O5/c1-5-29-21(26)19-16(23-22(27)24-20(19)18-11-8-12-30-18)13-25(3)14(2)15-9-6-7-10-17(15)28-4/h6-12,14,20H,5,13H2,1-4H3,(H2,23,24,27). The highest BCUT2D eigenvalue weighted by Gasteiger charge is 2.36. The van der Waals surface area contributed by atoms with E-state index in [1.165, 1.54) is 6.26 Å². The third-order valence-corrected chi connectivity index (χ3v) is 5.13. The minimum Gasteiger partial charge on any atom is -0.496 e. The Kier molecular flexibility index (Phi) is 6.79. The van der Waals surface area contributed by atoms with E-state index in [1.54, 1.807) is 26.2 Å². The molecule has 30 heavy (non-hydrogen) atoms. The molecule has 0 bridgehead atoms. The smallest absolute Gasteiger partial charge is 0.338 e. The van der Waals surface area contributed by atoms with Crippen molar-refractivity contribution in [2.45, 2.75) is 25.9 Å². The first-order valence-corrected chi connectivity index (χ1v) is 9.80. The van der Waals surface area contributed by atoms with Crippen molar-refractivity contribution in [2.24, 2.45) is 0 Å². The van der Waals surface area contributed by atoms with Crippen molar-refractivity contribution in [3.05, 3.63) is 65.3 Å². The molecule has 0 saturated heterocycles. The van der Waals surface area contributed by atoms with Gasteiger partial charge in [0.05, 0.1) is 25.6 Å². The van der Waals surface area contributed by atoms with Crippen molar-refractivity contribution in [2.75, 3.05) is 27.3 Å². The van der Waals surface area contributed by atoms with Gasteiger partial charge in [-0.15, -0.1) is 0 Å². The van der Waals surface area contributed by atoms with Crippen LogP contribution >= 0.6 is 0 Å². The second-order valence-electron chi connectivity index (χ2n) is 6.99. The van der Waals surface area contributed by atoms with Crippen molar-refractivity contribution in [3.8, 4) is 5.75 Å². The third-order valence-electron chi connectivity index (χ3n) is 5.13. The molecule has 3 rings (SSSR count). The molecule has 160 valence electrons. The highest BCUT2D eigenvalue weighted by Crippen LogP contribution is 2.31. The van der Waals surface area contributed by atoms with Crippen molar-refractivity contribution in [1.29, 1.82) is 0 Å². The Morgan fingerprint density at radius 1 is 1.27 bits per heavy atom. The second-order valence-corrected chi connectivity index (χ2v) is 6.99. The first-order valence-electron chi connectivity index (χ1n) is 9.80. The monoisotopic (exact) mass is 413 g/mol. The summed E-state index contributed by atoms with van der Waals surface area (Å²) in [6, 6.07) is 10.0. The number of likely N-dealkylation sites (N-methyl/N-ethyl adjacent to an activating group) is 1. The molecule has 0 radical (unpaired) electrons. The maximum atomic E-state index is 12.8. The number of methoxy groups -OCH3 is 1. The number of carbonyl (C=O) groups excluding carboxylic acids is 2. The molecule has 8 heteroatoms. The summed E-state index contributed by atoms with van der Waals surface area (Å²) in [6.07, 6.45) is 1.50. The van der Waals surface area contributed by atoms with Gasteiger partial charge in [0.1, 0.15) is 17.6 Å². The zero-order valence-electron chi connectivity index (χ0n) is 17.6. The topological polar surface area (TPSA) is 93.0 Å². The Morgan fingerprint density at radius 2 is 2.03 bits per heavy atom. The molecule has 1 aliphatic heterocycles. The van der Waals surface area contributed by atoms with Gasteiger partial charge in [0.25, 0.3) is 0 Å². The summed E-state index contributed by atoms with van der Waals surface area (Å²) in [7, 11) is 3.55. The van der Waals surface area contributed by atoms with Gasteiger partial charge in [-0.3, -0.25) is 4.90 Å². The number of carbonyl (C=O) groups is 2. The number of rotatable bonds is 8. The first-order chi connectivity index (χ1) is 14.5. The number of hydrogen-bond donors (Lipinski definition) is 2. The lowest BCUT2D eigenvalue weighted by Crippen LogP contribution is -2.48. The number of esters is 1. The van der Waals surface area contributed by atoms with Crippen LogP contribution in [-0.4, -0.2) is 44.2 Å². The molecule has 2 amide bonds. The van der Waals surface area contributed by atoms with Gasteiger partial charge in [0.2, 0.25) is 0 Å². The van der Waals surface area contributed by atoms with E-state index in [9.17, 15) is 9.59 Å². The molecule has 2 N–H and O–H groups in total. The maximum Gasteiger partial charge on any atom is 0.338 e. The van der Waals surface area contributed by atoms with Crippen LogP contribution in [0.1, 0.15) is 37.3 Å². The lowest BCUT2D eigenvalue weighted by molar-refractivity contribution is -0.139. The van der Waals surface area contributed by atoms with Crippen LogP contribution in [0.2, 0.25) is 0 Å². The van der Waals surface area contributed by atoms with Gasteiger partial charge in [-0.2, -0.15) is 0 Å². The summed E-state index contributed by atoms with van der Waals surface area (Å²) in [4.78, 5) is 27.2. The van der Waals surface area contributed by atoms with Gasteiger partial charge in [0, 0.05) is 23.8 Å². The molecule has 0 fully saturated rings. The molecule has 0 aliphatic carbocycles. The van der Waals surface area contributed by atoms with E-state index in [2.05, 4.69) is 10.6 Å². The second kappa shape index (κ2) is 9.49. The number of benzene rings is 1. The number of nitrogens with one attached hydrogen (secondary N) is 2. The molecule has 2 unspecified atom stereocenters. The van der Waals surface area contributed by atoms with Crippen LogP contribution in [0.5, 0.6) is 5.75 Å². The average Bonchev–Trinajstić information content (AvgIpc) is 3.27. The first kappa shape index (κ1) is 21.4. The van der Waals surface area contributed by atoms with Gasteiger partial charge < -0.3 is 24.5 Å². The molecule has 1 aliphatic rings. The molecule has 0 saturated carbocycles. The van der Waals surface area contributed by atoms with Crippen LogP contribution in [-0.2, 0) is 9.53 Å². The molecular formula is C22H27N3O5. The van der Waals surface area contributed by atoms with Crippen molar-refractivity contribution in [1.82, 2.24) is 15.5 Å². The molecule has 2 atom stereocenters. The van der Waals surface area contributed by atoms with E-state index in [1.807, 2.05) is 43.1 Å². The summed E-state index contributed by atoms with van der Waals surface area (Å²) in [5.41, 5.74) is 1.80. The molecule has 1 aromatic heterocycles. The zero-order valence-corrected chi connectivity index (χ0v) is 17.6. The third kappa shape index (κ3) is 4.49. The fourth-order valence-electron chi connectivity index (χ4n) is 3.50. The molecular weight excluding hydrogens is 386 g/mol. The molecule has 2 heterocycles. The van der Waals surface area contributed by atoms with Gasteiger partial charge in [-0.25, -0.2) is 9.59 Å². The summed E-state index contributed by atoms with van der Waals surface area (Å²) in [6.45, 7) is 4.32. The van der Waals surface area contributed by atoms with Gasteiger partial charge in [-0.05, 0) is 39.1 Å². The van der Waals surface area contributed by atoms with Gasteiger partial charge in [-0.1, -0.05) is 18.2 Å². The average molecular weight is 413 g/mol. The number of urea groups is 1. The number of ether oxygens (including phenoxy) is 2. The van der Waals surface area contributed by atoms with Gasteiger partial charge >= 0.3 is 12.0 Å². The Morgan fingerprint density at radius 3 is 2.70 bits per heavy atom. The zero-order chi connectivity index (χ0) is 21.7. The van der Waals surface area contributed by atoms with Crippen LogP contribution < -0.4 is 15.4 Å². The van der Waals surface area contributed by atoms with Gasteiger partial charge in [0.15, 0.2) is 0 Å². The van der Waals surface area contributed by atoms with Crippen molar-refractivity contribution < 1.29 is 23.5 Å². The number of hydrogen-bond acceptors (Lipinski definition) is 6. The normalized spacial score (nSPS) is 17.4. The van der Waals surface area contributed by atoms with E-state index in [0.717, 1.165) is 11.3 Å². The Hall–Kier alpha value is -3.26. The lowest BCUT2D eigenvalue weighted by atomic mass is 9.99. The highest BCUT2D eigenvalue weighted by atomic mass is 16.5. The number of furan rings is 1. The summed E-state index contributed by atoms with van der Waals surface area (Å²) in [5.74, 6) is 0.741. The summed E-state index contributed by atoms with van der Waals surface area (Å²) in [5, 5.41) is 5.53.